The van der Waals surface area contributed by atoms with E-state index in [0.717, 1.165) is 11.1 Å². The zero-order valence-electron chi connectivity index (χ0n) is 21.7. The zero-order chi connectivity index (χ0) is 26.8. The number of rotatable bonds is 7. The van der Waals surface area contributed by atoms with Crippen LogP contribution in [0.4, 0.5) is 4.39 Å². The summed E-state index contributed by atoms with van der Waals surface area (Å²) in [5, 5.41) is 35.4. The van der Waals surface area contributed by atoms with Gasteiger partial charge in [0.15, 0.2) is 5.78 Å². The minimum Gasteiger partial charge on any atom is -0.385 e. The second-order valence-corrected chi connectivity index (χ2v) is 11.9. The number of ketones is 1. The van der Waals surface area contributed by atoms with Gasteiger partial charge in [-0.15, -0.1) is 0 Å². The second kappa shape index (κ2) is 11.1. The molecule has 2 heterocycles. The first-order chi connectivity index (χ1) is 17.4. The van der Waals surface area contributed by atoms with Crippen molar-refractivity contribution >= 4 is 17.4 Å². The number of benzene rings is 2. The molecule has 2 aromatic carbocycles. The van der Waals surface area contributed by atoms with Gasteiger partial charge in [-0.2, -0.15) is 5.06 Å². The monoisotopic (exact) mass is 532 g/mol. The van der Waals surface area contributed by atoms with Crippen LogP contribution in [0.3, 0.4) is 0 Å². The normalized spacial score (nSPS) is 29.1. The largest absolute Gasteiger partial charge is 0.385 e. The highest BCUT2D eigenvalue weighted by Gasteiger charge is 2.49. The molecule has 0 amide bonds. The number of Topliss-reactive ketones (excluding diaryl/α,β-unsaturated/α-hetero) is 1. The van der Waals surface area contributed by atoms with Gasteiger partial charge in [-0.05, 0) is 61.1 Å². The van der Waals surface area contributed by atoms with Crippen LogP contribution >= 0.6 is 11.6 Å². The van der Waals surface area contributed by atoms with E-state index in [0.29, 0.717) is 56.9 Å². The predicted octanol–water partition coefficient (Wildman–Crippen LogP) is 4.58. The molecule has 0 aliphatic carbocycles. The van der Waals surface area contributed by atoms with E-state index in [1.54, 1.807) is 24.3 Å². The van der Waals surface area contributed by atoms with Gasteiger partial charge in [-0.1, -0.05) is 49.7 Å². The Bertz CT molecular complexity index is 1080. The molecule has 202 valence electrons. The molecule has 3 atom stereocenters. The lowest BCUT2D eigenvalue weighted by atomic mass is 9.66. The zero-order valence-corrected chi connectivity index (χ0v) is 22.4. The Balaban J connectivity index is 1.38. The molecule has 4 rings (SSSR count). The molecule has 2 aromatic rings. The van der Waals surface area contributed by atoms with Crippen molar-refractivity contribution in [2.75, 3.05) is 26.2 Å². The Morgan fingerprint density at radius 2 is 1.73 bits per heavy atom. The van der Waals surface area contributed by atoms with Gasteiger partial charge in [0.2, 0.25) is 0 Å². The van der Waals surface area contributed by atoms with E-state index in [9.17, 15) is 24.6 Å². The predicted molar refractivity (Wildman–Crippen MR) is 141 cm³/mol. The number of hydrogen-bond donors (Lipinski definition) is 3. The molecule has 37 heavy (non-hydrogen) atoms. The van der Waals surface area contributed by atoms with Gasteiger partial charge in [0, 0.05) is 55.5 Å². The van der Waals surface area contributed by atoms with Gasteiger partial charge < -0.3 is 20.3 Å². The first kappa shape index (κ1) is 28.1. The first-order valence-corrected chi connectivity index (χ1v) is 13.5. The van der Waals surface area contributed by atoms with Crippen molar-refractivity contribution in [1.82, 2.24) is 9.96 Å². The molecule has 2 fully saturated rings. The van der Waals surface area contributed by atoms with Crippen LogP contribution in [0.1, 0.15) is 57.1 Å². The Kier molecular flexibility index (Phi) is 8.43. The van der Waals surface area contributed by atoms with E-state index in [1.165, 1.54) is 17.2 Å². The number of halogens is 2. The summed E-state index contributed by atoms with van der Waals surface area (Å²) in [6.45, 7) is 6.16. The highest BCUT2D eigenvalue weighted by Crippen LogP contribution is 2.46. The molecule has 6 nitrogen and oxygen atoms in total. The van der Waals surface area contributed by atoms with E-state index in [4.69, 9.17) is 11.6 Å². The second-order valence-electron chi connectivity index (χ2n) is 11.4. The fourth-order valence-corrected chi connectivity index (χ4v) is 6.13. The Morgan fingerprint density at radius 3 is 2.38 bits per heavy atom. The highest BCUT2D eigenvalue weighted by atomic mass is 35.5. The molecule has 2 aliphatic rings. The van der Waals surface area contributed by atoms with Crippen LogP contribution in [0.25, 0.3) is 0 Å². The van der Waals surface area contributed by atoms with Gasteiger partial charge in [-0.25, -0.2) is 4.39 Å². The molecule has 0 aromatic heterocycles. The topological polar surface area (TPSA) is 84.2 Å². The average Bonchev–Trinajstić information content (AvgIpc) is 2.99. The summed E-state index contributed by atoms with van der Waals surface area (Å²) < 4.78 is 13.3. The lowest BCUT2D eigenvalue weighted by Crippen LogP contribution is -2.56. The number of piperidine rings is 1. The molecule has 0 saturated carbocycles. The van der Waals surface area contributed by atoms with E-state index < -0.39 is 22.7 Å². The maximum atomic E-state index is 13.3. The van der Waals surface area contributed by atoms with E-state index in [-0.39, 0.29) is 24.4 Å². The van der Waals surface area contributed by atoms with Gasteiger partial charge in [0.05, 0.1) is 5.60 Å². The van der Waals surface area contributed by atoms with Gasteiger partial charge in [0.1, 0.15) is 11.4 Å². The van der Waals surface area contributed by atoms with Gasteiger partial charge >= 0.3 is 0 Å². The summed E-state index contributed by atoms with van der Waals surface area (Å²) in [7, 11) is 0. The Labute approximate surface area is 223 Å². The van der Waals surface area contributed by atoms with Crippen molar-refractivity contribution in [3.8, 4) is 0 Å². The lowest BCUT2D eigenvalue weighted by Gasteiger charge is -2.50. The quantitative estimate of drug-likeness (QED) is 0.484. The summed E-state index contributed by atoms with van der Waals surface area (Å²) in [6.07, 6.45) is 2.06. The fourth-order valence-electron chi connectivity index (χ4n) is 6.01. The summed E-state index contributed by atoms with van der Waals surface area (Å²) in [5.74, 6) is -0.548. The molecular weight excluding hydrogens is 495 g/mol. The van der Waals surface area contributed by atoms with E-state index in [1.807, 2.05) is 26.0 Å². The molecule has 2 saturated heterocycles. The number of nitrogens with zero attached hydrogens (tertiary/aromatic N) is 2. The molecular formula is C29H38ClFN2O4. The molecule has 8 heteroatoms. The number of aliphatic hydroxyl groups is 2. The maximum absolute atomic E-state index is 13.3. The molecule has 0 bridgehead atoms. The van der Waals surface area contributed by atoms with Gasteiger partial charge in [-0.3, -0.25) is 4.79 Å². The van der Waals surface area contributed by atoms with Crippen LogP contribution in [0.2, 0.25) is 5.02 Å². The highest BCUT2D eigenvalue weighted by molar-refractivity contribution is 6.30. The minimum absolute atomic E-state index is 0.127. The third-order valence-corrected chi connectivity index (χ3v) is 8.63. The van der Waals surface area contributed by atoms with Gasteiger partial charge in [0.25, 0.3) is 0 Å². The Morgan fingerprint density at radius 1 is 1.05 bits per heavy atom. The van der Waals surface area contributed by atoms with Crippen molar-refractivity contribution in [3.05, 3.63) is 70.5 Å². The van der Waals surface area contributed by atoms with Crippen molar-refractivity contribution in [3.63, 3.8) is 0 Å². The SMILES string of the molecule is CC1(C)CN(CCC(=O)C2(O)CCCN(O)C(Cc3ccc(F)cc3)C2)CC[C@@]1(O)c1ccc(Cl)cc1. The molecule has 0 spiro atoms. The fraction of sp³-hybridized carbons (Fsp3) is 0.552. The molecule has 2 aliphatic heterocycles. The van der Waals surface area contributed by atoms with Crippen molar-refractivity contribution in [1.29, 1.82) is 0 Å². The number of carbonyl (C=O) groups excluding carboxylic acids is 1. The van der Waals surface area contributed by atoms with Crippen molar-refractivity contribution in [2.24, 2.45) is 5.41 Å². The van der Waals surface area contributed by atoms with Crippen LogP contribution in [0.5, 0.6) is 0 Å². The summed E-state index contributed by atoms with van der Waals surface area (Å²) in [4.78, 5) is 15.5. The third kappa shape index (κ3) is 6.24. The molecule has 3 N–H and O–H groups in total. The summed E-state index contributed by atoms with van der Waals surface area (Å²) in [6, 6.07) is 13.0. The standard InChI is InChI=1S/C29H38ClFN2O4/c1-27(2)20-32(17-14-29(27,36)22-6-8-23(30)9-7-22)16-12-26(34)28(35)13-3-15-33(37)25(19-28)18-21-4-10-24(31)11-5-21/h4-11,25,35-37H,3,12-20H2,1-2H3/t25?,28?,29-/m1/s1. The Hall–Kier alpha value is -1.87. The van der Waals surface area contributed by atoms with E-state index in [2.05, 4.69) is 4.90 Å². The maximum Gasteiger partial charge on any atom is 0.165 e. The van der Waals surface area contributed by atoms with E-state index >= 15 is 0 Å². The smallest absolute Gasteiger partial charge is 0.165 e. The molecule has 2 unspecified atom stereocenters. The summed E-state index contributed by atoms with van der Waals surface area (Å²) in [5.41, 5.74) is -1.30. The van der Waals surface area contributed by atoms with Crippen LogP contribution < -0.4 is 0 Å². The van der Waals surface area contributed by atoms with Crippen molar-refractivity contribution < 1.29 is 24.6 Å². The average molecular weight is 533 g/mol. The van der Waals surface area contributed by atoms with Crippen LogP contribution in [0, 0.1) is 11.2 Å². The lowest BCUT2D eigenvalue weighted by molar-refractivity contribution is -0.149. The summed E-state index contributed by atoms with van der Waals surface area (Å²) >= 11 is 6.04. The number of hydrogen-bond acceptors (Lipinski definition) is 6. The third-order valence-electron chi connectivity index (χ3n) is 8.38. The number of likely N-dealkylation sites (tertiary alicyclic amines) is 1. The minimum atomic E-state index is -1.52. The van der Waals surface area contributed by atoms with Crippen molar-refractivity contribution in [2.45, 2.75) is 69.6 Å². The number of carbonyl (C=O) groups is 1. The molecule has 0 radical (unpaired) electrons. The first-order valence-electron chi connectivity index (χ1n) is 13.1. The van der Waals surface area contributed by atoms with Crippen LogP contribution in [-0.2, 0) is 16.8 Å². The van der Waals surface area contributed by atoms with Crippen LogP contribution in [0.15, 0.2) is 48.5 Å². The number of hydroxylamine groups is 2. The van der Waals surface area contributed by atoms with Crippen LogP contribution in [-0.4, -0.2) is 69.0 Å².